The van der Waals surface area contributed by atoms with Gasteiger partial charge in [0.2, 0.25) is 0 Å². The average molecular weight is 356 g/mol. The summed E-state index contributed by atoms with van der Waals surface area (Å²) < 4.78 is 6.98. The topological polar surface area (TPSA) is 69.9 Å². The first-order valence-electron chi connectivity index (χ1n) is 8.01. The minimum absolute atomic E-state index is 0.267. The van der Waals surface area contributed by atoms with Crippen LogP contribution in [0.25, 0.3) is 10.9 Å². The molecule has 6 nitrogen and oxygen atoms in total. The van der Waals surface area contributed by atoms with Crippen LogP contribution in [0.3, 0.4) is 0 Å². The molecule has 0 amide bonds. The van der Waals surface area contributed by atoms with E-state index in [1.165, 1.54) is 18.9 Å². The Labute approximate surface area is 150 Å². The van der Waals surface area contributed by atoms with E-state index >= 15 is 0 Å². The Balaban J connectivity index is 2.02. The maximum absolute atomic E-state index is 12.3. The minimum atomic E-state index is -0.364. The molecule has 7 heteroatoms. The number of carbonyl (C=O) groups excluding carboxylic acids is 1. The third-order valence-corrected chi connectivity index (χ3v) is 5.02. The summed E-state index contributed by atoms with van der Waals surface area (Å²) in [6.45, 7) is 6.08. The maximum atomic E-state index is 12.3. The number of para-hydroxylation sites is 1. The van der Waals surface area contributed by atoms with Crippen LogP contribution in [-0.2, 0) is 10.5 Å². The fourth-order valence-electron chi connectivity index (χ4n) is 2.74. The molecule has 1 aromatic carbocycles. The molecule has 0 radical (unpaired) electrons. The molecular formula is C18H20N4O2S. The largest absolute Gasteiger partial charge is 0.465 e. The fraction of sp³-hybridized carbons (Fsp3) is 0.333. The number of ether oxygens (including phenoxy) is 1. The summed E-state index contributed by atoms with van der Waals surface area (Å²) in [4.78, 5) is 17.0. The molecule has 0 N–H and O–H groups in total. The molecule has 130 valence electrons. The Morgan fingerprint density at radius 3 is 2.80 bits per heavy atom. The summed E-state index contributed by atoms with van der Waals surface area (Å²) in [5.41, 5.74) is 2.99. The van der Waals surface area contributed by atoms with Crippen molar-refractivity contribution >= 4 is 28.6 Å². The lowest BCUT2D eigenvalue weighted by Crippen LogP contribution is -2.11. The van der Waals surface area contributed by atoms with Gasteiger partial charge in [0, 0.05) is 17.2 Å². The quantitative estimate of drug-likeness (QED) is 0.512. The van der Waals surface area contributed by atoms with Crippen LogP contribution < -0.4 is 0 Å². The number of aromatic nitrogens is 4. The van der Waals surface area contributed by atoms with Crippen LogP contribution in [0.4, 0.5) is 0 Å². The molecule has 0 saturated carbocycles. The van der Waals surface area contributed by atoms with E-state index in [2.05, 4.69) is 24.0 Å². The third kappa shape index (κ3) is 3.37. The predicted octanol–water partition coefficient (Wildman–Crippen LogP) is 3.79. The van der Waals surface area contributed by atoms with Crippen molar-refractivity contribution in [2.24, 2.45) is 0 Å². The van der Waals surface area contributed by atoms with Crippen molar-refractivity contribution in [3.8, 4) is 0 Å². The maximum Gasteiger partial charge on any atom is 0.340 e. The Hall–Kier alpha value is -2.41. The highest BCUT2D eigenvalue weighted by Crippen LogP contribution is 2.29. The highest BCUT2D eigenvalue weighted by molar-refractivity contribution is 7.98. The van der Waals surface area contributed by atoms with E-state index in [9.17, 15) is 4.79 Å². The number of thioether (sulfide) groups is 1. The van der Waals surface area contributed by atoms with Gasteiger partial charge < -0.3 is 9.30 Å². The molecular weight excluding hydrogens is 336 g/mol. The smallest absolute Gasteiger partial charge is 0.340 e. The highest BCUT2D eigenvalue weighted by atomic mass is 32.2. The molecule has 3 rings (SSSR count). The zero-order valence-electron chi connectivity index (χ0n) is 14.7. The Morgan fingerprint density at radius 1 is 1.32 bits per heavy atom. The summed E-state index contributed by atoms with van der Waals surface area (Å²) in [5.74, 6) is 0.151. The van der Waals surface area contributed by atoms with Crippen LogP contribution >= 0.6 is 11.8 Å². The van der Waals surface area contributed by atoms with Gasteiger partial charge in [-0.15, -0.1) is 10.2 Å². The van der Waals surface area contributed by atoms with Crippen LogP contribution in [0.2, 0.25) is 0 Å². The van der Waals surface area contributed by atoms with E-state index in [0.717, 1.165) is 21.6 Å². The number of nitrogens with zero attached hydrogens (tertiary/aromatic N) is 4. The van der Waals surface area contributed by atoms with Crippen molar-refractivity contribution in [3.63, 3.8) is 0 Å². The zero-order valence-corrected chi connectivity index (χ0v) is 15.5. The first-order chi connectivity index (χ1) is 12.0. The van der Waals surface area contributed by atoms with Gasteiger partial charge in [-0.05, 0) is 32.4 Å². The molecule has 3 aromatic rings. The number of hydrogen-bond acceptors (Lipinski definition) is 6. The second kappa shape index (κ2) is 7.23. The van der Waals surface area contributed by atoms with Gasteiger partial charge in [0.1, 0.15) is 6.33 Å². The summed E-state index contributed by atoms with van der Waals surface area (Å²) in [7, 11) is 1.39. The predicted molar refractivity (Wildman–Crippen MR) is 97.8 cm³/mol. The van der Waals surface area contributed by atoms with Crippen LogP contribution in [0.1, 0.15) is 41.5 Å². The van der Waals surface area contributed by atoms with Gasteiger partial charge in [-0.2, -0.15) is 0 Å². The van der Waals surface area contributed by atoms with Crippen LogP contribution in [0, 0.1) is 6.92 Å². The summed E-state index contributed by atoms with van der Waals surface area (Å²) in [6.07, 6.45) is 1.72. The van der Waals surface area contributed by atoms with E-state index in [1.54, 1.807) is 6.33 Å². The second-order valence-electron chi connectivity index (χ2n) is 5.97. The summed E-state index contributed by atoms with van der Waals surface area (Å²) in [6, 6.07) is 8.07. The molecule has 0 unspecified atom stereocenters. The monoisotopic (exact) mass is 356 g/mol. The van der Waals surface area contributed by atoms with Crippen molar-refractivity contribution in [2.45, 2.75) is 37.7 Å². The van der Waals surface area contributed by atoms with Gasteiger partial charge in [0.05, 0.1) is 23.9 Å². The van der Waals surface area contributed by atoms with E-state index in [1.807, 2.05) is 35.8 Å². The standard InChI is InChI=1S/C18H20N4O2S/c1-11(2)22-10-19-21-18(22)25-9-15-16(17(23)24-4)12(3)13-7-5-6-8-14(13)20-15/h5-8,10-11H,9H2,1-4H3. The molecule has 0 bridgehead atoms. The number of methoxy groups -OCH3 is 1. The SMILES string of the molecule is COC(=O)c1c(CSc2nncn2C(C)C)nc2ccccc2c1C. The molecule has 0 saturated heterocycles. The highest BCUT2D eigenvalue weighted by Gasteiger charge is 2.20. The van der Waals surface area contributed by atoms with Crippen LogP contribution in [-0.4, -0.2) is 32.8 Å². The van der Waals surface area contributed by atoms with E-state index in [-0.39, 0.29) is 12.0 Å². The van der Waals surface area contributed by atoms with Gasteiger partial charge in [-0.25, -0.2) is 4.79 Å². The molecule has 0 aliphatic rings. The number of esters is 1. The number of benzene rings is 1. The van der Waals surface area contributed by atoms with Crippen molar-refractivity contribution < 1.29 is 9.53 Å². The average Bonchev–Trinajstić information content (AvgIpc) is 3.08. The fourth-order valence-corrected chi connectivity index (χ4v) is 3.73. The Kier molecular flexibility index (Phi) is 5.03. The number of fused-ring (bicyclic) bond motifs is 1. The van der Waals surface area contributed by atoms with Gasteiger partial charge in [0.15, 0.2) is 5.16 Å². The van der Waals surface area contributed by atoms with Gasteiger partial charge >= 0.3 is 5.97 Å². The van der Waals surface area contributed by atoms with Gasteiger partial charge in [0.25, 0.3) is 0 Å². The third-order valence-electron chi connectivity index (χ3n) is 4.05. The number of carbonyl (C=O) groups is 1. The lowest BCUT2D eigenvalue weighted by Gasteiger charge is -2.14. The second-order valence-corrected chi connectivity index (χ2v) is 6.91. The molecule has 25 heavy (non-hydrogen) atoms. The molecule has 0 aliphatic carbocycles. The molecule has 0 aliphatic heterocycles. The zero-order chi connectivity index (χ0) is 18.0. The molecule has 2 heterocycles. The van der Waals surface area contributed by atoms with Crippen molar-refractivity contribution in [1.29, 1.82) is 0 Å². The minimum Gasteiger partial charge on any atom is -0.465 e. The molecule has 2 aromatic heterocycles. The molecule has 0 spiro atoms. The number of pyridine rings is 1. The first kappa shape index (κ1) is 17.4. The number of rotatable bonds is 5. The van der Waals surface area contributed by atoms with Gasteiger partial charge in [-0.3, -0.25) is 4.98 Å². The summed E-state index contributed by atoms with van der Waals surface area (Å²) >= 11 is 1.51. The Bertz CT molecular complexity index is 921. The Morgan fingerprint density at radius 2 is 2.08 bits per heavy atom. The van der Waals surface area contributed by atoms with E-state index < -0.39 is 0 Å². The van der Waals surface area contributed by atoms with Gasteiger partial charge in [-0.1, -0.05) is 30.0 Å². The van der Waals surface area contributed by atoms with Crippen molar-refractivity contribution in [3.05, 3.63) is 47.4 Å². The number of aryl methyl sites for hydroxylation is 1. The van der Waals surface area contributed by atoms with E-state index in [4.69, 9.17) is 9.72 Å². The normalized spacial score (nSPS) is 11.2. The molecule has 0 fully saturated rings. The van der Waals surface area contributed by atoms with E-state index in [0.29, 0.717) is 17.0 Å². The molecule has 0 atom stereocenters. The van der Waals surface area contributed by atoms with Crippen LogP contribution in [0.15, 0.2) is 35.7 Å². The lowest BCUT2D eigenvalue weighted by molar-refractivity contribution is 0.0598. The summed E-state index contributed by atoms with van der Waals surface area (Å²) in [5, 5.41) is 9.91. The van der Waals surface area contributed by atoms with Crippen molar-refractivity contribution in [2.75, 3.05) is 7.11 Å². The number of hydrogen-bond donors (Lipinski definition) is 0. The van der Waals surface area contributed by atoms with Crippen LogP contribution in [0.5, 0.6) is 0 Å². The first-order valence-corrected chi connectivity index (χ1v) is 9.00. The lowest BCUT2D eigenvalue weighted by atomic mass is 10.0. The van der Waals surface area contributed by atoms with Crippen molar-refractivity contribution in [1.82, 2.24) is 19.7 Å².